The van der Waals surface area contributed by atoms with Gasteiger partial charge in [-0.1, -0.05) is 23.7 Å². The molecular formula is C22H15ClFN3O3. The topological polar surface area (TPSA) is 77.1 Å². The molecule has 0 spiro atoms. The fourth-order valence-corrected chi connectivity index (χ4v) is 3.11. The quantitative estimate of drug-likeness (QED) is 0.509. The molecule has 1 amide bonds. The van der Waals surface area contributed by atoms with Crippen molar-refractivity contribution in [2.75, 3.05) is 5.32 Å². The van der Waals surface area contributed by atoms with Gasteiger partial charge in [-0.3, -0.25) is 9.59 Å². The zero-order valence-corrected chi connectivity index (χ0v) is 16.5. The highest BCUT2D eigenvalue weighted by atomic mass is 35.5. The number of anilines is 1. The van der Waals surface area contributed by atoms with Gasteiger partial charge in [0.05, 0.1) is 17.5 Å². The molecule has 2 aromatic heterocycles. The van der Waals surface area contributed by atoms with Crippen LogP contribution in [-0.4, -0.2) is 15.7 Å². The van der Waals surface area contributed by atoms with E-state index in [1.54, 1.807) is 37.3 Å². The minimum Gasteiger partial charge on any atom is -0.459 e. The molecule has 0 radical (unpaired) electrons. The van der Waals surface area contributed by atoms with E-state index in [1.165, 1.54) is 41.3 Å². The van der Waals surface area contributed by atoms with Crippen LogP contribution in [0.4, 0.5) is 10.2 Å². The third-order valence-electron chi connectivity index (χ3n) is 4.44. The summed E-state index contributed by atoms with van der Waals surface area (Å²) in [4.78, 5) is 25.8. The standard InChI is InChI=1S/C22H15ClFN3O3/c1-13-20(28)19(14-4-6-15(23)7-5-14)21(25-22(29)18-3-2-12-30-18)27(26-13)17-10-8-16(24)9-11-17/h2-12H,1H3,(H,25,29). The maximum atomic E-state index is 13.5. The van der Waals surface area contributed by atoms with Crippen LogP contribution in [0.3, 0.4) is 0 Å². The second-order valence-electron chi connectivity index (χ2n) is 6.46. The molecule has 2 aromatic carbocycles. The Kier molecular flexibility index (Phi) is 5.20. The molecule has 4 aromatic rings. The molecule has 0 saturated carbocycles. The van der Waals surface area contributed by atoms with Crippen molar-refractivity contribution in [3.05, 3.63) is 99.4 Å². The van der Waals surface area contributed by atoms with Crippen LogP contribution in [0.15, 0.2) is 76.1 Å². The number of hydrogen-bond acceptors (Lipinski definition) is 4. The fourth-order valence-electron chi connectivity index (χ4n) is 2.99. The van der Waals surface area contributed by atoms with Gasteiger partial charge < -0.3 is 9.73 Å². The Hall–Kier alpha value is -3.71. The number of benzene rings is 2. The molecule has 8 heteroatoms. The molecule has 2 heterocycles. The van der Waals surface area contributed by atoms with Crippen molar-refractivity contribution >= 4 is 23.3 Å². The van der Waals surface area contributed by atoms with E-state index in [0.29, 0.717) is 16.3 Å². The van der Waals surface area contributed by atoms with Crippen LogP contribution in [0.2, 0.25) is 5.02 Å². The van der Waals surface area contributed by atoms with Crippen molar-refractivity contribution in [3.63, 3.8) is 0 Å². The highest BCUT2D eigenvalue weighted by Gasteiger charge is 2.21. The molecule has 6 nitrogen and oxygen atoms in total. The molecule has 0 aliphatic rings. The summed E-state index contributed by atoms with van der Waals surface area (Å²) >= 11 is 5.99. The van der Waals surface area contributed by atoms with Crippen molar-refractivity contribution in [3.8, 4) is 16.8 Å². The summed E-state index contributed by atoms with van der Waals surface area (Å²) in [5, 5.41) is 7.54. The number of hydrogen-bond donors (Lipinski definition) is 1. The number of aryl methyl sites for hydroxylation is 1. The lowest BCUT2D eigenvalue weighted by molar-refractivity contribution is 0.0996. The molecule has 0 aliphatic carbocycles. The van der Waals surface area contributed by atoms with Crippen molar-refractivity contribution < 1.29 is 13.6 Å². The number of furan rings is 1. The molecule has 0 fully saturated rings. The van der Waals surface area contributed by atoms with Crippen LogP contribution < -0.4 is 10.7 Å². The number of halogens is 2. The molecule has 0 unspecified atom stereocenters. The SMILES string of the molecule is Cc1nn(-c2ccc(F)cc2)c(NC(=O)c2ccco2)c(-c2ccc(Cl)cc2)c1=O. The third-order valence-corrected chi connectivity index (χ3v) is 4.69. The maximum absolute atomic E-state index is 13.5. The van der Waals surface area contributed by atoms with Crippen LogP contribution in [0.1, 0.15) is 16.2 Å². The van der Waals surface area contributed by atoms with Crippen molar-refractivity contribution in [1.82, 2.24) is 9.78 Å². The summed E-state index contributed by atoms with van der Waals surface area (Å²) in [6.07, 6.45) is 1.37. The van der Waals surface area contributed by atoms with Gasteiger partial charge in [0.25, 0.3) is 5.91 Å². The molecule has 0 saturated heterocycles. The minimum absolute atomic E-state index is 0.0655. The van der Waals surface area contributed by atoms with Crippen LogP contribution in [0, 0.1) is 12.7 Å². The van der Waals surface area contributed by atoms with Crippen LogP contribution in [-0.2, 0) is 0 Å². The number of rotatable bonds is 4. The zero-order chi connectivity index (χ0) is 21.3. The van der Waals surface area contributed by atoms with E-state index >= 15 is 0 Å². The maximum Gasteiger partial charge on any atom is 0.292 e. The molecular weight excluding hydrogens is 409 g/mol. The number of carbonyl (C=O) groups excluding carboxylic acids is 1. The van der Waals surface area contributed by atoms with E-state index in [9.17, 15) is 14.0 Å². The number of carbonyl (C=O) groups is 1. The Morgan fingerprint density at radius 1 is 1.10 bits per heavy atom. The van der Waals surface area contributed by atoms with Gasteiger partial charge in [0.1, 0.15) is 17.3 Å². The summed E-state index contributed by atoms with van der Waals surface area (Å²) in [5.74, 6) is -0.789. The normalized spacial score (nSPS) is 10.8. The second kappa shape index (κ2) is 7.96. The largest absolute Gasteiger partial charge is 0.459 e. The Morgan fingerprint density at radius 2 is 1.80 bits per heavy atom. The first-order chi connectivity index (χ1) is 14.4. The summed E-state index contributed by atoms with van der Waals surface area (Å²) in [6, 6.07) is 15.3. The lowest BCUT2D eigenvalue weighted by Gasteiger charge is -2.18. The van der Waals surface area contributed by atoms with Crippen LogP contribution >= 0.6 is 11.6 Å². The number of nitrogens with one attached hydrogen (secondary N) is 1. The summed E-state index contributed by atoms with van der Waals surface area (Å²) < 4.78 is 20.0. The van der Waals surface area contributed by atoms with Gasteiger partial charge in [-0.25, -0.2) is 9.07 Å². The fraction of sp³-hybridized carbons (Fsp3) is 0.0455. The Balaban J connectivity index is 1.97. The number of amides is 1. The molecule has 30 heavy (non-hydrogen) atoms. The lowest BCUT2D eigenvalue weighted by Crippen LogP contribution is -2.24. The van der Waals surface area contributed by atoms with Gasteiger partial charge >= 0.3 is 0 Å². The van der Waals surface area contributed by atoms with Crippen molar-refractivity contribution in [1.29, 1.82) is 0 Å². The third kappa shape index (κ3) is 3.75. The highest BCUT2D eigenvalue weighted by molar-refractivity contribution is 6.30. The number of nitrogens with zero attached hydrogens (tertiary/aromatic N) is 2. The Bertz CT molecular complexity index is 1260. The van der Waals surface area contributed by atoms with E-state index in [2.05, 4.69) is 10.4 Å². The lowest BCUT2D eigenvalue weighted by atomic mass is 10.1. The van der Waals surface area contributed by atoms with Crippen LogP contribution in [0.25, 0.3) is 16.8 Å². The van der Waals surface area contributed by atoms with Crippen molar-refractivity contribution in [2.45, 2.75) is 6.92 Å². The van der Waals surface area contributed by atoms with Gasteiger partial charge in [-0.15, -0.1) is 0 Å². The average molecular weight is 424 g/mol. The van der Waals surface area contributed by atoms with E-state index in [0.717, 1.165) is 0 Å². The monoisotopic (exact) mass is 423 g/mol. The Labute approximate surface area is 175 Å². The van der Waals surface area contributed by atoms with E-state index in [-0.39, 0.29) is 28.3 Å². The summed E-state index contributed by atoms with van der Waals surface area (Å²) in [6.45, 7) is 1.57. The molecule has 0 bridgehead atoms. The van der Waals surface area contributed by atoms with Gasteiger partial charge in [-0.2, -0.15) is 5.10 Å². The van der Waals surface area contributed by atoms with Gasteiger partial charge in [0.15, 0.2) is 5.76 Å². The smallest absolute Gasteiger partial charge is 0.292 e. The van der Waals surface area contributed by atoms with Gasteiger partial charge in [0, 0.05) is 5.02 Å². The second-order valence-corrected chi connectivity index (χ2v) is 6.90. The molecule has 0 atom stereocenters. The average Bonchev–Trinajstić information content (AvgIpc) is 3.28. The number of aromatic nitrogens is 2. The van der Waals surface area contributed by atoms with E-state index in [1.807, 2.05) is 0 Å². The minimum atomic E-state index is -0.559. The molecule has 0 aliphatic heterocycles. The predicted octanol–water partition coefficient (Wildman–Crippen LogP) is 4.85. The van der Waals surface area contributed by atoms with Gasteiger partial charge in [0.2, 0.25) is 5.43 Å². The summed E-state index contributed by atoms with van der Waals surface area (Å²) in [7, 11) is 0. The molecule has 150 valence electrons. The summed E-state index contributed by atoms with van der Waals surface area (Å²) in [5.41, 5.74) is 1.08. The van der Waals surface area contributed by atoms with Crippen molar-refractivity contribution in [2.24, 2.45) is 0 Å². The first kappa shape index (κ1) is 19.6. The van der Waals surface area contributed by atoms with E-state index < -0.39 is 11.7 Å². The first-order valence-electron chi connectivity index (χ1n) is 8.94. The van der Waals surface area contributed by atoms with E-state index in [4.69, 9.17) is 16.0 Å². The highest BCUT2D eigenvalue weighted by Crippen LogP contribution is 2.28. The predicted molar refractivity (Wildman–Crippen MR) is 112 cm³/mol. The Morgan fingerprint density at radius 3 is 2.43 bits per heavy atom. The zero-order valence-electron chi connectivity index (χ0n) is 15.7. The molecule has 1 N–H and O–H groups in total. The molecule has 4 rings (SSSR count). The van der Waals surface area contributed by atoms with Gasteiger partial charge in [-0.05, 0) is 61.0 Å². The first-order valence-corrected chi connectivity index (χ1v) is 9.32. The van der Waals surface area contributed by atoms with Crippen LogP contribution in [0.5, 0.6) is 0 Å².